The maximum atomic E-state index is 13.6. The summed E-state index contributed by atoms with van der Waals surface area (Å²) in [6.45, 7) is 3.48. The van der Waals surface area contributed by atoms with Crippen LogP contribution in [0.2, 0.25) is 0 Å². The van der Waals surface area contributed by atoms with Gasteiger partial charge in [-0.05, 0) is 43.3 Å². The molecule has 3 rings (SSSR count). The highest BCUT2D eigenvalue weighted by molar-refractivity contribution is 5.92. The largest absolute Gasteiger partial charge is 0.478 e. The van der Waals surface area contributed by atoms with Gasteiger partial charge in [0.15, 0.2) is 17.7 Å². The monoisotopic (exact) mass is 341 g/mol. The summed E-state index contributed by atoms with van der Waals surface area (Å²) >= 11 is 0. The van der Waals surface area contributed by atoms with Crippen molar-refractivity contribution in [2.75, 3.05) is 5.32 Å². The Kier molecular flexibility index (Phi) is 4.74. The van der Waals surface area contributed by atoms with Crippen LogP contribution < -0.4 is 10.1 Å². The summed E-state index contributed by atoms with van der Waals surface area (Å²) in [7, 11) is 0. The maximum Gasteiger partial charge on any atom is 0.270 e. The van der Waals surface area contributed by atoms with Crippen LogP contribution in [0.25, 0.3) is 11.5 Å². The molecule has 1 N–H and O–H groups in total. The van der Waals surface area contributed by atoms with E-state index in [4.69, 9.17) is 9.26 Å². The highest BCUT2D eigenvalue weighted by Crippen LogP contribution is 2.20. The molecule has 0 bridgehead atoms. The van der Waals surface area contributed by atoms with Gasteiger partial charge in [0, 0.05) is 5.56 Å². The third kappa shape index (κ3) is 4.00. The topological polar surface area (TPSA) is 77.2 Å². The van der Waals surface area contributed by atoms with E-state index < -0.39 is 17.8 Å². The third-order valence-electron chi connectivity index (χ3n) is 3.47. The summed E-state index contributed by atoms with van der Waals surface area (Å²) in [5.41, 5.74) is 1.85. The van der Waals surface area contributed by atoms with Crippen molar-refractivity contribution >= 4 is 11.9 Å². The van der Waals surface area contributed by atoms with E-state index in [0.717, 1.165) is 11.1 Å². The molecule has 128 valence electrons. The minimum Gasteiger partial charge on any atom is -0.478 e. The van der Waals surface area contributed by atoms with E-state index in [9.17, 15) is 9.18 Å². The Morgan fingerprint density at radius 2 is 1.92 bits per heavy atom. The van der Waals surface area contributed by atoms with E-state index in [0.29, 0.717) is 0 Å². The Morgan fingerprint density at radius 1 is 1.20 bits per heavy atom. The summed E-state index contributed by atoms with van der Waals surface area (Å²) in [5.74, 6) is -0.746. The highest BCUT2D eigenvalue weighted by atomic mass is 19.1. The van der Waals surface area contributed by atoms with Gasteiger partial charge in [-0.15, -0.1) is 0 Å². The number of carbonyl (C=O) groups excluding carboxylic acids is 1. The molecular formula is C18H16FN3O3. The molecule has 0 fully saturated rings. The third-order valence-corrected chi connectivity index (χ3v) is 3.47. The molecule has 0 aliphatic heterocycles. The second-order valence-electron chi connectivity index (χ2n) is 5.47. The van der Waals surface area contributed by atoms with Crippen molar-refractivity contribution in [1.29, 1.82) is 0 Å². The number of anilines is 1. The Balaban J connectivity index is 1.65. The number of hydrogen-bond donors (Lipinski definition) is 1. The van der Waals surface area contributed by atoms with Crippen LogP contribution in [0.4, 0.5) is 10.3 Å². The zero-order valence-electron chi connectivity index (χ0n) is 13.7. The summed E-state index contributed by atoms with van der Waals surface area (Å²) in [6, 6.07) is 13.4. The standard InChI is InChI=1S/C18H16FN3O3/c1-11-7-9-13(10-8-11)17-21-18(22-25-17)20-16(23)12(2)24-15-6-4-3-5-14(15)19/h3-10,12H,1-2H3,(H,20,22,23)/t12-/m0/s1. The van der Waals surface area contributed by atoms with E-state index in [1.807, 2.05) is 31.2 Å². The number of hydrogen-bond acceptors (Lipinski definition) is 5. The lowest BCUT2D eigenvalue weighted by Crippen LogP contribution is -2.30. The molecule has 3 aromatic rings. The van der Waals surface area contributed by atoms with Gasteiger partial charge in [-0.25, -0.2) is 4.39 Å². The number of halogens is 1. The predicted octanol–water partition coefficient (Wildman–Crippen LogP) is 3.59. The average Bonchev–Trinajstić information content (AvgIpc) is 3.06. The summed E-state index contributed by atoms with van der Waals surface area (Å²) in [6.07, 6.45) is -0.932. The minimum atomic E-state index is -0.932. The van der Waals surface area contributed by atoms with Crippen LogP contribution in [-0.4, -0.2) is 22.2 Å². The molecule has 0 aliphatic carbocycles. The van der Waals surface area contributed by atoms with E-state index in [1.165, 1.54) is 19.1 Å². The van der Waals surface area contributed by atoms with E-state index in [2.05, 4.69) is 15.5 Å². The van der Waals surface area contributed by atoms with Crippen molar-refractivity contribution in [3.8, 4) is 17.2 Å². The van der Waals surface area contributed by atoms with Crippen LogP contribution in [0.1, 0.15) is 12.5 Å². The molecule has 0 saturated heterocycles. The van der Waals surface area contributed by atoms with Crippen LogP contribution in [0.15, 0.2) is 53.1 Å². The molecular weight excluding hydrogens is 325 g/mol. The molecule has 0 spiro atoms. The van der Waals surface area contributed by atoms with Gasteiger partial charge in [-0.1, -0.05) is 29.8 Å². The Morgan fingerprint density at radius 3 is 2.64 bits per heavy atom. The number of carbonyl (C=O) groups is 1. The fourth-order valence-corrected chi connectivity index (χ4v) is 2.08. The van der Waals surface area contributed by atoms with E-state index in [-0.39, 0.29) is 17.6 Å². The second-order valence-corrected chi connectivity index (χ2v) is 5.47. The van der Waals surface area contributed by atoms with Crippen molar-refractivity contribution in [3.05, 3.63) is 59.9 Å². The fraction of sp³-hybridized carbons (Fsp3) is 0.167. The van der Waals surface area contributed by atoms with Crippen molar-refractivity contribution in [2.45, 2.75) is 20.0 Å². The number of ether oxygens (including phenoxy) is 1. The lowest BCUT2D eigenvalue weighted by Gasteiger charge is -2.13. The number of aromatic nitrogens is 2. The lowest BCUT2D eigenvalue weighted by atomic mass is 10.1. The van der Waals surface area contributed by atoms with E-state index in [1.54, 1.807) is 12.1 Å². The summed E-state index contributed by atoms with van der Waals surface area (Å²) < 4.78 is 24.0. The van der Waals surface area contributed by atoms with Crippen LogP contribution in [0.3, 0.4) is 0 Å². The Labute approximate surface area is 143 Å². The summed E-state index contributed by atoms with van der Waals surface area (Å²) in [4.78, 5) is 16.3. The van der Waals surface area contributed by atoms with Crippen LogP contribution in [0.5, 0.6) is 5.75 Å². The molecule has 2 aromatic carbocycles. The van der Waals surface area contributed by atoms with Gasteiger partial charge < -0.3 is 9.26 Å². The molecule has 1 heterocycles. The zero-order valence-corrected chi connectivity index (χ0v) is 13.7. The van der Waals surface area contributed by atoms with Gasteiger partial charge in [0.25, 0.3) is 17.7 Å². The van der Waals surface area contributed by atoms with E-state index >= 15 is 0 Å². The van der Waals surface area contributed by atoms with Crippen LogP contribution in [0, 0.1) is 12.7 Å². The first-order chi connectivity index (χ1) is 12.0. The molecule has 1 atom stereocenters. The molecule has 0 saturated carbocycles. The number of nitrogens with zero attached hydrogens (tertiary/aromatic N) is 2. The van der Waals surface area contributed by atoms with Gasteiger partial charge in [-0.2, -0.15) is 4.98 Å². The van der Waals surface area contributed by atoms with Crippen LogP contribution in [-0.2, 0) is 4.79 Å². The number of benzene rings is 2. The second kappa shape index (κ2) is 7.12. The van der Waals surface area contributed by atoms with Gasteiger partial charge in [-0.3, -0.25) is 10.1 Å². The SMILES string of the molecule is Cc1ccc(-c2nc(NC(=O)[C@H](C)Oc3ccccc3F)no2)cc1. The van der Waals surface area contributed by atoms with Gasteiger partial charge in [0.1, 0.15) is 0 Å². The average molecular weight is 341 g/mol. The van der Waals surface area contributed by atoms with Gasteiger partial charge in [0.05, 0.1) is 0 Å². The number of nitrogens with one attached hydrogen (secondary N) is 1. The number of para-hydroxylation sites is 1. The first-order valence-corrected chi connectivity index (χ1v) is 7.66. The lowest BCUT2D eigenvalue weighted by molar-refractivity contribution is -0.122. The molecule has 6 nitrogen and oxygen atoms in total. The minimum absolute atomic E-state index is 0.00129. The smallest absolute Gasteiger partial charge is 0.270 e. The first-order valence-electron chi connectivity index (χ1n) is 7.66. The van der Waals surface area contributed by atoms with Crippen molar-refractivity contribution in [1.82, 2.24) is 10.1 Å². The zero-order chi connectivity index (χ0) is 17.8. The van der Waals surface area contributed by atoms with Crippen molar-refractivity contribution in [3.63, 3.8) is 0 Å². The summed E-state index contributed by atoms with van der Waals surface area (Å²) in [5, 5.41) is 6.19. The van der Waals surface area contributed by atoms with Crippen LogP contribution >= 0.6 is 0 Å². The molecule has 0 aliphatic rings. The Hall–Kier alpha value is -3.22. The van der Waals surface area contributed by atoms with Gasteiger partial charge >= 0.3 is 0 Å². The fourth-order valence-electron chi connectivity index (χ4n) is 2.08. The molecule has 1 amide bonds. The molecule has 1 aromatic heterocycles. The highest BCUT2D eigenvalue weighted by Gasteiger charge is 2.19. The van der Waals surface area contributed by atoms with Crippen molar-refractivity contribution in [2.24, 2.45) is 0 Å². The predicted molar refractivity (Wildman–Crippen MR) is 89.6 cm³/mol. The normalized spacial score (nSPS) is 11.8. The quantitative estimate of drug-likeness (QED) is 0.767. The molecule has 0 radical (unpaired) electrons. The van der Waals surface area contributed by atoms with Gasteiger partial charge in [0.2, 0.25) is 0 Å². The maximum absolute atomic E-state index is 13.6. The van der Waals surface area contributed by atoms with Crippen molar-refractivity contribution < 1.29 is 18.4 Å². The molecule has 0 unspecified atom stereocenters. The number of amides is 1. The number of rotatable bonds is 5. The molecule has 25 heavy (non-hydrogen) atoms. The molecule has 7 heteroatoms. The first kappa shape index (κ1) is 16.6. The number of aryl methyl sites for hydroxylation is 1. The Bertz CT molecular complexity index is 877.